The van der Waals surface area contributed by atoms with Crippen LogP contribution in [0.25, 0.3) is 22.2 Å². The van der Waals surface area contributed by atoms with Crippen LogP contribution in [0.3, 0.4) is 0 Å². The Balaban J connectivity index is 1.83. The Kier molecular flexibility index (Phi) is 6.76. The molecule has 2 aromatic heterocycles. The van der Waals surface area contributed by atoms with Crippen molar-refractivity contribution in [3.63, 3.8) is 0 Å². The summed E-state index contributed by atoms with van der Waals surface area (Å²) in [5, 5.41) is 3.66. The number of halogens is 1. The molecule has 1 N–H and O–H groups in total. The number of rotatable bonds is 5. The van der Waals surface area contributed by atoms with Crippen molar-refractivity contribution in [2.24, 2.45) is 0 Å². The number of fused-ring (bicyclic) bond motifs is 1. The Morgan fingerprint density at radius 2 is 1.71 bits per heavy atom. The number of amides is 1. The predicted octanol–water partition coefficient (Wildman–Crippen LogP) is 5.86. The summed E-state index contributed by atoms with van der Waals surface area (Å²) in [5.74, 6) is -1.70. The lowest BCUT2D eigenvalue weighted by Gasteiger charge is -2.11. The molecule has 0 aliphatic rings. The SMILES string of the molecule is COC(=O)c1sc(NC(=O)c2cc(-c3cccc(Br)c3)nc3ccccc23)c(C(=O)OC)c1C. The fourth-order valence-corrected chi connectivity index (χ4v) is 5.07. The Morgan fingerprint density at radius 1 is 0.971 bits per heavy atom. The van der Waals surface area contributed by atoms with Crippen LogP contribution < -0.4 is 5.32 Å². The molecule has 34 heavy (non-hydrogen) atoms. The van der Waals surface area contributed by atoms with Gasteiger partial charge in [-0.2, -0.15) is 0 Å². The van der Waals surface area contributed by atoms with E-state index in [1.165, 1.54) is 14.2 Å². The number of carbonyl (C=O) groups excluding carboxylic acids is 3. The number of ether oxygens (including phenoxy) is 2. The number of para-hydroxylation sites is 1. The van der Waals surface area contributed by atoms with Crippen LogP contribution in [-0.2, 0) is 9.47 Å². The first-order chi connectivity index (χ1) is 16.3. The van der Waals surface area contributed by atoms with E-state index in [2.05, 4.69) is 21.2 Å². The standard InChI is InChI=1S/C25H19BrN2O5S/c1-13-20(24(30)32-2)23(34-21(13)25(31)33-3)28-22(29)17-12-19(14-7-6-8-15(26)11-14)27-18-10-5-4-9-16(17)18/h4-12H,1-3H3,(H,28,29). The Hall–Kier alpha value is -3.56. The summed E-state index contributed by atoms with van der Waals surface area (Å²) in [6, 6.07) is 16.6. The molecule has 0 fully saturated rings. The summed E-state index contributed by atoms with van der Waals surface area (Å²) < 4.78 is 10.6. The van der Waals surface area contributed by atoms with E-state index in [1.54, 1.807) is 13.0 Å². The van der Waals surface area contributed by atoms with Crippen molar-refractivity contribution in [3.05, 3.63) is 80.6 Å². The smallest absolute Gasteiger partial charge is 0.348 e. The van der Waals surface area contributed by atoms with Crippen LogP contribution in [0.4, 0.5) is 5.00 Å². The highest BCUT2D eigenvalue weighted by Gasteiger charge is 2.27. The molecule has 0 atom stereocenters. The van der Waals surface area contributed by atoms with Gasteiger partial charge in [-0.25, -0.2) is 14.6 Å². The molecule has 0 aliphatic heterocycles. The summed E-state index contributed by atoms with van der Waals surface area (Å²) in [5.41, 5.74) is 2.98. The van der Waals surface area contributed by atoms with Gasteiger partial charge < -0.3 is 14.8 Å². The van der Waals surface area contributed by atoms with Crippen molar-refractivity contribution < 1.29 is 23.9 Å². The van der Waals surface area contributed by atoms with E-state index >= 15 is 0 Å². The molecule has 1 amide bonds. The second-order valence-electron chi connectivity index (χ2n) is 7.28. The fourth-order valence-electron chi connectivity index (χ4n) is 3.57. The number of carbonyl (C=O) groups is 3. The van der Waals surface area contributed by atoms with Gasteiger partial charge in [0.25, 0.3) is 5.91 Å². The van der Waals surface area contributed by atoms with Gasteiger partial charge in [-0.1, -0.05) is 46.3 Å². The Labute approximate surface area is 207 Å². The minimum absolute atomic E-state index is 0.117. The Morgan fingerprint density at radius 3 is 2.41 bits per heavy atom. The van der Waals surface area contributed by atoms with E-state index in [9.17, 15) is 14.4 Å². The maximum absolute atomic E-state index is 13.5. The normalized spacial score (nSPS) is 10.7. The summed E-state index contributed by atoms with van der Waals surface area (Å²) in [4.78, 5) is 43.1. The number of hydrogen-bond donors (Lipinski definition) is 1. The van der Waals surface area contributed by atoms with E-state index in [0.29, 0.717) is 27.7 Å². The number of methoxy groups -OCH3 is 2. The third-order valence-electron chi connectivity index (χ3n) is 5.22. The van der Waals surface area contributed by atoms with Crippen molar-refractivity contribution in [2.45, 2.75) is 6.92 Å². The third kappa shape index (κ3) is 4.44. The lowest BCUT2D eigenvalue weighted by Crippen LogP contribution is -2.15. The molecule has 9 heteroatoms. The van der Waals surface area contributed by atoms with Gasteiger partial charge in [-0.15, -0.1) is 11.3 Å². The lowest BCUT2D eigenvalue weighted by molar-refractivity contribution is 0.0601. The fraction of sp³-hybridized carbons (Fsp3) is 0.120. The topological polar surface area (TPSA) is 94.6 Å². The van der Waals surface area contributed by atoms with Crippen LogP contribution in [0.15, 0.2) is 59.1 Å². The minimum Gasteiger partial charge on any atom is -0.465 e. The molecule has 2 heterocycles. The number of esters is 2. The summed E-state index contributed by atoms with van der Waals surface area (Å²) in [7, 11) is 2.49. The average molecular weight is 539 g/mol. The minimum atomic E-state index is -0.659. The molecule has 172 valence electrons. The highest BCUT2D eigenvalue weighted by atomic mass is 79.9. The second kappa shape index (κ2) is 9.74. The number of pyridine rings is 1. The molecule has 0 radical (unpaired) electrons. The van der Waals surface area contributed by atoms with Crippen molar-refractivity contribution in [1.82, 2.24) is 4.98 Å². The van der Waals surface area contributed by atoms with Gasteiger partial charge >= 0.3 is 11.9 Å². The van der Waals surface area contributed by atoms with Crippen molar-refractivity contribution in [2.75, 3.05) is 19.5 Å². The van der Waals surface area contributed by atoms with E-state index in [0.717, 1.165) is 21.4 Å². The maximum atomic E-state index is 13.5. The van der Waals surface area contributed by atoms with Crippen LogP contribution in [-0.4, -0.2) is 37.0 Å². The maximum Gasteiger partial charge on any atom is 0.348 e. The largest absolute Gasteiger partial charge is 0.465 e. The number of nitrogens with one attached hydrogen (secondary N) is 1. The van der Waals surface area contributed by atoms with Crippen LogP contribution in [0, 0.1) is 6.92 Å². The molecule has 0 saturated carbocycles. The van der Waals surface area contributed by atoms with Gasteiger partial charge in [0.05, 0.1) is 36.6 Å². The van der Waals surface area contributed by atoms with Crippen LogP contribution in [0.5, 0.6) is 0 Å². The molecule has 4 rings (SSSR count). The van der Waals surface area contributed by atoms with Gasteiger partial charge in [-0.3, -0.25) is 4.79 Å². The summed E-state index contributed by atoms with van der Waals surface area (Å²) in [6.07, 6.45) is 0. The highest BCUT2D eigenvalue weighted by Crippen LogP contribution is 2.35. The van der Waals surface area contributed by atoms with Crippen LogP contribution in [0.2, 0.25) is 0 Å². The zero-order valence-electron chi connectivity index (χ0n) is 18.5. The van der Waals surface area contributed by atoms with Crippen LogP contribution >= 0.6 is 27.3 Å². The highest BCUT2D eigenvalue weighted by molar-refractivity contribution is 9.10. The molecule has 7 nitrogen and oxygen atoms in total. The van der Waals surface area contributed by atoms with E-state index in [4.69, 9.17) is 14.5 Å². The average Bonchev–Trinajstić information content (AvgIpc) is 3.17. The summed E-state index contributed by atoms with van der Waals surface area (Å²) in [6.45, 7) is 1.61. The molecule has 0 unspecified atom stereocenters. The van der Waals surface area contributed by atoms with E-state index < -0.39 is 17.8 Å². The number of thiophene rings is 1. The quantitative estimate of drug-likeness (QED) is 0.320. The summed E-state index contributed by atoms with van der Waals surface area (Å²) >= 11 is 4.43. The number of benzene rings is 2. The molecule has 0 spiro atoms. The van der Waals surface area contributed by atoms with Crippen molar-refractivity contribution in [1.29, 1.82) is 0 Å². The van der Waals surface area contributed by atoms with Crippen molar-refractivity contribution in [3.8, 4) is 11.3 Å². The molecule has 4 aromatic rings. The van der Waals surface area contributed by atoms with Gasteiger partial charge in [0.2, 0.25) is 0 Å². The van der Waals surface area contributed by atoms with E-state index in [1.807, 2.05) is 48.5 Å². The monoisotopic (exact) mass is 538 g/mol. The zero-order valence-corrected chi connectivity index (χ0v) is 20.9. The zero-order chi connectivity index (χ0) is 24.4. The van der Waals surface area contributed by atoms with Gasteiger partial charge in [-0.05, 0) is 36.8 Å². The van der Waals surface area contributed by atoms with Gasteiger partial charge in [0.15, 0.2) is 0 Å². The predicted molar refractivity (Wildman–Crippen MR) is 135 cm³/mol. The third-order valence-corrected chi connectivity index (χ3v) is 6.90. The number of nitrogens with zero attached hydrogens (tertiary/aromatic N) is 1. The number of aromatic nitrogens is 1. The molecular weight excluding hydrogens is 520 g/mol. The van der Waals surface area contributed by atoms with Gasteiger partial charge in [0.1, 0.15) is 9.88 Å². The number of hydrogen-bond acceptors (Lipinski definition) is 7. The molecule has 0 saturated heterocycles. The first kappa shape index (κ1) is 23.6. The van der Waals surface area contributed by atoms with Gasteiger partial charge in [0, 0.05) is 15.4 Å². The van der Waals surface area contributed by atoms with E-state index in [-0.39, 0.29) is 15.4 Å². The van der Waals surface area contributed by atoms with Crippen LogP contribution in [0.1, 0.15) is 36.0 Å². The van der Waals surface area contributed by atoms with Crippen molar-refractivity contribution >= 4 is 61.0 Å². The lowest BCUT2D eigenvalue weighted by atomic mass is 10.0. The molecule has 2 aromatic carbocycles. The molecule has 0 aliphatic carbocycles. The molecule has 0 bridgehead atoms. The first-order valence-corrected chi connectivity index (χ1v) is 11.7. The number of anilines is 1. The first-order valence-electron chi connectivity index (χ1n) is 10.1. The second-order valence-corrected chi connectivity index (χ2v) is 9.22. The molecular formula is C25H19BrN2O5S. The Bertz CT molecular complexity index is 1450.